The Hall–Kier alpha value is -3.48. The molecule has 3 aromatic rings. The molecule has 11 heteroatoms. The predicted molar refractivity (Wildman–Crippen MR) is 127 cm³/mol. The summed E-state index contributed by atoms with van der Waals surface area (Å²) < 4.78 is 11.0. The van der Waals surface area contributed by atoms with Crippen LogP contribution in [0.2, 0.25) is 0 Å². The molecule has 35 heavy (non-hydrogen) atoms. The Balaban J connectivity index is 1.36. The maximum atomic E-state index is 12.1. The van der Waals surface area contributed by atoms with Crippen molar-refractivity contribution in [2.24, 2.45) is 0 Å². The Bertz CT molecular complexity index is 1370. The number of nitrogens with zero attached hydrogens (tertiary/aromatic N) is 5. The van der Waals surface area contributed by atoms with Gasteiger partial charge in [0.05, 0.1) is 23.1 Å². The SMILES string of the molecule is [B]C1([B])OC(=O)c2ccc([C@@H]3CN(Cc4nnc(-c5cc(C)c(C#N)cn5)o4)C[C@H](C)N3)c(C)c21. The van der Waals surface area contributed by atoms with E-state index in [2.05, 4.69) is 38.4 Å². The van der Waals surface area contributed by atoms with Gasteiger partial charge in [0.15, 0.2) is 0 Å². The minimum absolute atomic E-state index is 0.0270. The largest absolute Gasteiger partial charge is 0.471 e. The van der Waals surface area contributed by atoms with Gasteiger partial charge in [-0.2, -0.15) is 5.26 Å². The Kier molecular flexibility index (Phi) is 5.74. The lowest BCUT2D eigenvalue weighted by molar-refractivity contribution is 0.0444. The maximum Gasteiger partial charge on any atom is 0.337 e. The van der Waals surface area contributed by atoms with Crippen molar-refractivity contribution in [3.05, 3.63) is 63.7 Å². The minimum Gasteiger partial charge on any atom is -0.471 e. The van der Waals surface area contributed by atoms with Gasteiger partial charge in [0, 0.05) is 31.4 Å². The van der Waals surface area contributed by atoms with Crippen molar-refractivity contribution in [2.45, 2.75) is 44.8 Å². The van der Waals surface area contributed by atoms with Crippen LogP contribution in [0.4, 0.5) is 0 Å². The number of nitrogens with one attached hydrogen (secondary N) is 1. The number of carbonyl (C=O) groups excluding carboxylic acids is 1. The van der Waals surface area contributed by atoms with Gasteiger partial charge < -0.3 is 14.5 Å². The molecule has 1 fully saturated rings. The monoisotopic (exact) mass is 464 g/mol. The fraction of sp³-hybridized carbons (Fsp3) is 0.375. The summed E-state index contributed by atoms with van der Waals surface area (Å²) in [6.07, 6.45) is 1.51. The van der Waals surface area contributed by atoms with E-state index in [4.69, 9.17) is 30.1 Å². The summed E-state index contributed by atoms with van der Waals surface area (Å²) >= 11 is 0. The summed E-state index contributed by atoms with van der Waals surface area (Å²) in [7, 11) is 12.1. The number of carbonyl (C=O) groups is 1. The molecule has 5 rings (SSSR count). The summed E-state index contributed by atoms with van der Waals surface area (Å²) in [5.74, 6) is 0.281. The van der Waals surface area contributed by atoms with Crippen LogP contribution >= 0.6 is 0 Å². The van der Waals surface area contributed by atoms with E-state index in [1.165, 1.54) is 6.20 Å². The third-order valence-corrected chi connectivity index (χ3v) is 6.49. The number of pyridine rings is 1. The number of ether oxygens (including phenoxy) is 1. The lowest BCUT2D eigenvalue weighted by atomic mass is 9.60. The van der Waals surface area contributed by atoms with Crippen LogP contribution in [0.1, 0.15) is 57.0 Å². The summed E-state index contributed by atoms with van der Waals surface area (Å²) in [6, 6.07) is 7.67. The maximum absolute atomic E-state index is 12.1. The zero-order valence-electron chi connectivity index (χ0n) is 19.7. The molecule has 1 saturated heterocycles. The first kappa shape index (κ1) is 23.3. The molecule has 4 heterocycles. The van der Waals surface area contributed by atoms with E-state index in [1.54, 1.807) is 12.1 Å². The Labute approximate surface area is 205 Å². The molecule has 0 amide bonds. The van der Waals surface area contributed by atoms with Crippen LogP contribution in [0.25, 0.3) is 11.6 Å². The van der Waals surface area contributed by atoms with Crippen LogP contribution in [0.3, 0.4) is 0 Å². The van der Waals surface area contributed by atoms with E-state index in [9.17, 15) is 4.79 Å². The molecule has 0 bridgehead atoms. The molecule has 1 N–H and O–H groups in total. The standard InChI is InChI=1S/C24H22B2N6O3/c1-12-6-18(28-8-15(12)7-27)22-31-30-20(34-22)11-32-9-13(2)29-19(10-32)16-4-5-17-21(14(16)3)24(25,26)35-23(17)33/h4-6,8,13,19,29H,9-11H2,1-3H3/t13-,19-/m0/s1. The van der Waals surface area contributed by atoms with Crippen LogP contribution < -0.4 is 5.32 Å². The van der Waals surface area contributed by atoms with E-state index >= 15 is 0 Å². The lowest BCUT2D eigenvalue weighted by Gasteiger charge is -2.38. The molecule has 2 atom stereocenters. The molecule has 2 aliphatic heterocycles. The number of nitriles is 1. The minimum atomic E-state index is -1.63. The molecule has 9 nitrogen and oxygen atoms in total. The van der Waals surface area contributed by atoms with Crippen molar-refractivity contribution >= 4 is 21.7 Å². The lowest BCUT2D eigenvalue weighted by Crippen LogP contribution is -2.50. The second-order valence-corrected chi connectivity index (χ2v) is 9.20. The number of piperazine rings is 1. The van der Waals surface area contributed by atoms with Gasteiger partial charge >= 0.3 is 5.97 Å². The van der Waals surface area contributed by atoms with Gasteiger partial charge in [0.2, 0.25) is 5.89 Å². The highest BCUT2D eigenvalue weighted by Crippen LogP contribution is 2.37. The van der Waals surface area contributed by atoms with Gasteiger partial charge in [0.1, 0.15) is 27.5 Å². The topological polar surface area (TPSA) is 117 Å². The number of cyclic esters (lactones) is 1. The summed E-state index contributed by atoms with van der Waals surface area (Å²) in [5, 5.41) is 19.4. The van der Waals surface area contributed by atoms with Crippen LogP contribution in [-0.4, -0.2) is 60.9 Å². The first-order chi connectivity index (χ1) is 16.7. The average Bonchev–Trinajstić information content (AvgIpc) is 3.35. The summed E-state index contributed by atoms with van der Waals surface area (Å²) in [6.45, 7) is 7.78. The molecule has 0 spiro atoms. The van der Waals surface area contributed by atoms with Crippen LogP contribution in [0.15, 0.2) is 28.8 Å². The van der Waals surface area contributed by atoms with Gasteiger partial charge in [0.25, 0.3) is 5.89 Å². The van der Waals surface area contributed by atoms with Crippen molar-refractivity contribution < 1.29 is 13.9 Å². The number of rotatable bonds is 4. The van der Waals surface area contributed by atoms with Crippen LogP contribution in [0, 0.1) is 25.2 Å². The number of fused-ring (bicyclic) bond motifs is 1. The highest BCUT2D eigenvalue weighted by molar-refractivity contribution is 6.41. The Morgan fingerprint density at radius 2 is 2.09 bits per heavy atom. The van der Waals surface area contributed by atoms with Gasteiger partial charge in [-0.3, -0.25) is 4.90 Å². The molecular weight excluding hydrogens is 442 g/mol. The summed E-state index contributed by atoms with van der Waals surface area (Å²) in [5.41, 5.74) is 4.61. The van der Waals surface area contributed by atoms with Gasteiger partial charge in [-0.1, -0.05) is 6.07 Å². The first-order valence-corrected chi connectivity index (χ1v) is 11.3. The highest BCUT2D eigenvalue weighted by Gasteiger charge is 2.39. The quantitative estimate of drug-likeness (QED) is 0.456. The summed E-state index contributed by atoms with van der Waals surface area (Å²) in [4.78, 5) is 18.6. The van der Waals surface area contributed by atoms with E-state index < -0.39 is 11.4 Å². The Morgan fingerprint density at radius 3 is 2.83 bits per heavy atom. The number of aromatic nitrogens is 3. The number of hydrogen-bond acceptors (Lipinski definition) is 9. The Morgan fingerprint density at radius 1 is 1.29 bits per heavy atom. The normalized spacial score (nSPS) is 21.4. The molecule has 4 radical (unpaired) electrons. The third-order valence-electron chi connectivity index (χ3n) is 6.49. The molecule has 0 saturated carbocycles. The van der Waals surface area contributed by atoms with E-state index in [-0.39, 0.29) is 12.1 Å². The second kappa shape index (κ2) is 8.63. The number of aryl methyl sites for hydroxylation is 1. The zero-order valence-corrected chi connectivity index (χ0v) is 19.7. The van der Waals surface area contributed by atoms with Gasteiger partial charge in [-0.25, -0.2) is 9.78 Å². The molecule has 172 valence electrons. The van der Waals surface area contributed by atoms with Gasteiger partial charge in [-0.15, -0.1) is 10.2 Å². The molecule has 0 unspecified atom stereocenters. The van der Waals surface area contributed by atoms with E-state index in [0.29, 0.717) is 47.3 Å². The second-order valence-electron chi connectivity index (χ2n) is 9.20. The average molecular weight is 464 g/mol. The third kappa shape index (κ3) is 4.24. The fourth-order valence-electron chi connectivity index (χ4n) is 4.93. The molecule has 1 aromatic carbocycles. The molecule has 2 aliphatic rings. The van der Waals surface area contributed by atoms with E-state index in [0.717, 1.165) is 23.2 Å². The number of benzene rings is 1. The molecular formula is C24H22B2N6O3. The van der Waals surface area contributed by atoms with Crippen molar-refractivity contribution in [3.8, 4) is 17.7 Å². The predicted octanol–water partition coefficient (Wildman–Crippen LogP) is 1.77. The fourth-order valence-corrected chi connectivity index (χ4v) is 4.93. The smallest absolute Gasteiger partial charge is 0.337 e. The first-order valence-electron chi connectivity index (χ1n) is 11.3. The van der Waals surface area contributed by atoms with Gasteiger partial charge in [-0.05, 0) is 55.2 Å². The van der Waals surface area contributed by atoms with Crippen molar-refractivity contribution in [3.63, 3.8) is 0 Å². The van der Waals surface area contributed by atoms with Crippen LogP contribution in [-0.2, 0) is 16.7 Å². The van der Waals surface area contributed by atoms with Crippen molar-refractivity contribution in [1.29, 1.82) is 5.26 Å². The molecule has 0 aliphatic carbocycles. The number of esters is 1. The van der Waals surface area contributed by atoms with E-state index in [1.807, 2.05) is 19.9 Å². The zero-order chi connectivity index (χ0) is 24.9. The van der Waals surface area contributed by atoms with Crippen molar-refractivity contribution in [2.75, 3.05) is 13.1 Å². The van der Waals surface area contributed by atoms with Crippen molar-refractivity contribution in [1.82, 2.24) is 25.4 Å². The van der Waals surface area contributed by atoms with Crippen LogP contribution in [0.5, 0.6) is 0 Å². The molecule has 2 aromatic heterocycles. The number of hydrogen-bond donors (Lipinski definition) is 1. The highest BCUT2D eigenvalue weighted by atomic mass is 16.6.